The van der Waals surface area contributed by atoms with Crippen molar-refractivity contribution in [2.24, 2.45) is 5.41 Å². The molecule has 0 aromatic carbocycles. The number of nitrogens with one attached hydrogen (secondary N) is 2. The lowest BCUT2D eigenvalue weighted by Gasteiger charge is -2.23. The van der Waals surface area contributed by atoms with Gasteiger partial charge in [0.15, 0.2) is 0 Å². The molecule has 1 aromatic heterocycles. The first-order valence-electron chi connectivity index (χ1n) is 6.32. The zero-order valence-electron chi connectivity index (χ0n) is 11.9. The molecule has 0 spiro atoms. The van der Waals surface area contributed by atoms with Gasteiger partial charge in [0.2, 0.25) is 5.91 Å². The molecule has 5 nitrogen and oxygen atoms in total. The van der Waals surface area contributed by atoms with Crippen molar-refractivity contribution in [3.8, 4) is 0 Å². The first-order valence-corrected chi connectivity index (χ1v) is 6.32. The summed E-state index contributed by atoms with van der Waals surface area (Å²) in [5.41, 5.74) is 0.731. The number of amides is 1. The molecule has 0 atom stereocenters. The van der Waals surface area contributed by atoms with Gasteiger partial charge in [-0.3, -0.25) is 4.79 Å². The van der Waals surface area contributed by atoms with E-state index in [9.17, 15) is 4.79 Å². The molecule has 5 heteroatoms. The number of rotatable bonds is 6. The third-order valence-electron chi connectivity index (χ3n) is 3.02. The quantitative estimate of drug-likeness (QED) is 0.803. The molecule has 0 aliphatic heterocycles. The van der Waals surface area contributed by atoms with Gasteiger partial charge in [-0.15, -0.1) is 0 Å². The minimum Gasteiger partial charge on any atom is -0.359 e. The number of imidazole rings is 1. The van der Waals surface area contributed by atoms with E-state index in [0.29, 0.717) is 12.6 Å². The van der Waals surface area contributed by atoms with Gasteiger partial charge in [-0.1, -0.05) is 0 Å². The van der Waals surface area contributed by atoms with Gasteiger partial charge in [0.05, 0.1) is 17.4 Å². The predicted molar refractivity (Wildman–Crippen MR) is 72.2 cm³/mol. The lowest BCUT2D eigenvalue weighted by atomic mass is 9.92. The molecule has 0 bridgehead atoms. The molecule has 1 aromatic rings. The van der Waals surface area contributed by atoms with Crippen LogP contribution in [-0.2, 0) is 11.3 Å². The van der Waals surface area contributed by atoms with E-state index in [1.807, 2.05) is 26.4 Å². The zero-order valence-corrected chi connectivity index (χ0v) is 11.9. The van der Waals surface area contributed by atoms with Gasteiger partial charge >= 0.3 is 0 Å². The highest BCUT2D eigenvalue weighted by atomic mass is 16.2. The van der Waals surface area contributed by atoms with Gasteiger partial charge in [0, 0.05) is 32.4 Å². The lowest BCUT2D eigenvalue weighted by molar-refractivity contribution is -0.128. The van der Waals surface area contributed by atoms with Gasteiger partial charge in [-0.25, -0.2) is 4.98 Å². The van der Waals surface area contributed by atoms with Gasteiger partial charge < -0.3 is 15.2 Å². The van der Waals surface area contributed by atoms with Crippen molar-refractivity contribution in [1.82, 2.24) is 20.2 Å². The Morgan fingerprint density at radius 3 is 2.72 bits per heavy atom. The first-order chi connectivity index (χ1) is 8.38. The molecule has 102 valence electrons. The van der Waals surface area contributed by atoms with E-state index in [0.717, 1.165) is 12.2 Å². The SMILES string of the molecule is CNC(=O)C(C)(C)CNCc1cncn1C(C)C. The maximum atomic E-state index is 11.6. The Bertz CT molecular complexity index is 395. The third-order valence-corrected chi connectivity index (χ3v) is 3.02. The van der Waals surface area contributed by atoms with Crippen molar-refractivity contribution in [2.75, 3.05) is 13.6 Å². The molecule has 1 heterocycles. The Morgan fingerprint density at radius 1 is 1.50 bits per heavy atom. The molecule has 0 radical (unpaired) electrons. The number of hydrogen-bond acceptors (Lipinski definition) is 3. The molecule has 1 amide bonds. The summed E-state index contributed by atoms with van der Waals surface area (Å²) in [6.07, 6.45) is 3.70. The van der Waals surface area contributed by atoms with Crippen molar-refractivity contribution >= 4 is 5.91 Å². The van der Waals surface area contributed by atoms with Crippen LogP contribution in [0.5, 0.6) is 0 Å². The molecule has 0 aliphatic carbocycles. The van der Waals surface area contributed by atoms with Gasteiger partial charge in [-0.05, 0) is 27.7 Å². The largest absolute Gasteiger partial charge is 0.359 e. The molecule has 0 fully saturated rings. The Kier molecular flexibility index (Phi) is 4.90. The molecule has 2 N–H and O–H groups in total. The van der Waals surface area contributed by atoms with Crippen LogP contribution in [0.25, 0.3) is 0 Å². The van der Waals surface area contributed by atoms with Crippen LogP contribution in [0.15, 0.2) is 12.5 Å². The highest BCUT2D eigenvalue weighted by Gasteiger charge is 2.25. The van der Waals surface area contributed by atoms with Crippen LogP contribution in [0.1, 0.15) is 39.4 Å². The Labute approximate surface area is 109 Å². The summed E-state index contributed by atoms with van der Waals surface area (Å²) in [5, 5.41) is 6.00. The Morgan fingerprint density at radius 2 is 2.17 bits per heavy atom. The minimum atomic E-state index is -0.405. The fourth-order valence-corrected chi connectivity index (χ4v) is 1.86. The van der Waals surface area contributed by atoms with Crippen LogP contribution in [-0.4, -0.2) is 29.1 Å². The predicted octanol–water partition coefficient (Wildman–Crippen LogP) is 1.33. The number of hydrogen-bond donors (Lipinski definition) is 2. The summed E-state index contributed by atoms with van der Waals surface area (Å²) in [5.74, 6) is 0.0485. The fourth-order valence-electron chi connectivity index (χ4n) is 1.86. The standard InChI is InChI=1S/C13H24N4O/c1-10(2)17-9-16-7-11(17)6-15-8-13(3,4)12(18)14-5/h7,9-10,15H,6,8H2,1-5H3,(H,14,18). The van der Waals surface area contributed by atoms with E-state index >= 15 is 0 Å². The van der Waals surface area contributed by atoms with E-state index in [4.69, 9.17) is 0 Å². The van der Waals surface area contributed by atoms with Crippen molar-refractivity contribution in [1.29, 1.82) is 0 Å². The lowest BCUT2D eigenvalue weighted by Crippen LogP contribution is -2.42. The maximum absolute atomic E-state index is 11.6. The Balaban J connectivity index is 2.51. The van der Waals surface area contributed by atoms with E-state index in [-0.39, 0.29) is 5.91 Å². The van der Waals surface area contributed by atoms with Gasteiger partial charge in [-0.2, -0.15) is 0 Å². The van der Waals surface area contributed by atoms with E-state index in [1.165, 1.54) is 0 Å². The van der Waals surface area contributed by atoms with Crippen LogP contribution >= 0.6 is 0 Å². The maximum Gasteiger partial charge on any atom is 0.226 e. The summed E-state index contributed by atoms with van der Waals surface area (Å²) >= 11 is 0. The molecule has 18 heavy (non-hydrogen) atoms. The minimum absolute atomic E-state index is 0.0485. The molecule has 0 unspecified atom stereocenters. The molecule has 0 aliphatic rings. The van der Waals surface area contributed by atoms with Crippen LogP contribution in [0, 0.1) is 5.41 Å². The van der Waals surface area contributed by atoms with Crippen molar-refractivity contribution in [3.05, 3.63) is 18.2 Å². The van der Waals surface area contributed by atoms with Crippen LogP contribution in [0.3, 0.4) is 0 Å². The smallest absolute Gasteiger partial charge is 0.226 e. The molecular formula is C13H24N4O. The van der Waals surface area contributed by atoms with Gasteiger partial charge in [0.25, 0.3) is 0 Å². The molecule has 0 saturated heterocycles. The highest BCUT2D eigenvalue weighted by Crippen LogP contribution is 2.14. The van der Waals surface area contributed by atoms with E-state index in [1.54, 1.807) is 7.05 Å². The van der Waals surface area contributed by atoms with Gasteiger partial charge in [0.1, 0.15) is 0 Å². The van der Waals surface area contributed by atoms with Crippen LogP contribution in [0.4, 0.5) is 0 Å². The first kappa shape index (κ1) is 14.7. The van der Waals surface area contributed by atoms with Crippen LogP contribution < -0.4 is 10.6 Å². The normalized spacial score (nSPS) is 11.9. The molecule has 1 rings (SSSR count). The van der Waals surface area contributed by atoms with Crippen molar-refractivity contribution in [2.45, 2.75) is 40.3 Å². The van der Waals surface area contributed by atoms with E-state index in [2.05, 4.69) is 34.0 Å². The summed E-state index contributed by atoms with van der Waals surface area (Å²) < 4.78 is 2.12. The monoisotopic (exact) mass is 252 g/mol. The molecule has 0 saturated carbocycles. The van der Waals surface area contributed by atoms with E-state index < -0.39 is 5.41 Å². The average Bonchev–Trinajstić information content (AvgIpc) is 2.76. The summed E-state index contributed by atoms with van der Waals surface area (Å²) in [7, 11) is 1.66. The second kappa shape index (κ2) is 6.00. The van der Waals surface area contributed by atoms with Crippen molar-refractivity contribution in [3.63, 3.8) is 0 Å². The topological polar surface area (TPSA) is 59.0 Å². The molecular weight excluding hydrogens is 228 g/mol. The summed E-state index contributed by atoms with van der Waals surface area (Å²) in [6.45, 7) is 9.46. The van der Waals surface area contributed by atoms with Crippen LogP contribution in [0.2, 0.25) is 0 Å². The summed E-state index contributed by atoms with van der Waals surface area (Å²) in [6, 6.07) is 0.399. The fraction of sp³-hybridized carbons (Fsp3) is 0.692. The zero-order chi connectivity index (χ0) is 13.8. The number of carbonyl (C=O) groups excluding carboxylic acids is 1. The second-order valence-electron chi connectivity index (χ2n) is 5.45. The summed E-state index contributed by atoms with van der Waals surface area (Å²) in [4.78, 5) is 15.8. The number of nitrogens with zero attached hydrogens (tertiary/aromatic N) is 2. The highest BCUT2D eigenvalue weighted by molar-refractivity contribution is 5.81. The van der Waals surface area contributed by atoms with Crippen molar-refractivity contribution < 1.29 is 4.79 Å². The average molecular weight is 252 g/mol. The number of carbonyl (C=O) groups is 1. The third kappa shape index (κ3) is 3.57. The second-order valence-corrected chi connectivity index (χ2v) is 5.45. The number of aromatic nitrogens is 2. The Hall–Kier alpha value is -1.36.